The maximum Gasteiger partial charge on any atom is 0.308 e. The van der Waals surface area contributed by atoms with Gasteiger partial charge in [-0.1, -0.05) is 0 Å². The number of hydrogen-bond donors (Lipinski definition) is 1. The van der Waals surface area contributed by atoms with E-state index in [1.807, 2.05) is 13.8 Å². The van der Waals surface area contributed by atoms with Gasteiger partial charge < -0.3 is 9.84 Å². The van der Waals surface area contributed by atoms with Gasteiger partial charge >= 0.3 is 5.97 Å². The molecule has 5 heteroatoms. The number of methoxy groups -OCH3 is 1. The second kappa shape index (κ2) is 4.93. The summed E-state index contributed by atoms with van der Waals surface area (Å²) in [6.07, 6.45) is 0.701. The molecule has 1 atom stereocenters. The Morgan fingerprint density at radius 2 is 2.33 bits per heavy atom. The van der Waals surface area contributed by atoms with Crippen molar-refractivity contribution in [2.75, 3.05) is 7.11 Å². The molecule has 1 aromatic heterocycles. The summed E-state index contributed by atoms with van der Waals surface area (Å²) in [7, 11) is 1.30. The van der Waals surface area contributed by atoms with Crippen LogP contribution >= 0.6 is 0 Å². The van der Waals surface area contributed by atoms with Crippen molar-refractivity contribution >= 4 is 5.97 Å². The first kappa shape index (κ1) is 11.7. The highest BCUT2D eigenvalue weighted by molar-refractivity contribution is 5.69. The highest BCUT2D eigenvalue weighted by atomic mass is 16.5. The predicted octanol–water partition coefficient (Wildman–Crippen LogP) is 1.06. The molecule has 0 aliphatic heterocycles. The van der Waals surface area contributed by atoms with Crippen LogP contribution in [0.2, 0.25) is 0 Å². The summed E-state index contributed by atoms with van der Waals surface area (Å²) >= 11 is 0. The van der Waals surface area contributed by atoms with Gasteiger partial charge in [-0.05, 0) is 19.9 Å². The molecule has 0 spiro atoms. The van der Waals surface area contributed by atoms with E-state index in [0.717, 1.165) is 0 Å². The van der Waals surface area contributed by atoms with E-state index in [1.54, 1.807) is 16.9 Å². The molecule has 15 heavy (non-hydrogen) atoms. The Morgan fingerprint density at radius 1 is 1.67 bits per heavy atom. The second-order valence-electron chi connectivity index (χ2n) is 3.59. The van der Waals surface area contributed by atoms with Crippen LogP contribution in [0.15, 0.2) is 12.3 Å². The van der Waals surface area contributed by atoms with Crippen molar-refractivity contribution in [3.63, 3.8) is 0 Å². The minimum atomic E-state index is -0.859. The quantitative estimate of drug-likeness (QED) is 0.758. The molecule has 0 bridgehead atoms. The Kier molecular flexibility index (Phi) is 3.85. The fraction of sp³-hybridized carbons (Fsp3) is 0.600. The minimum absolute atomic E-state index is 0.0467. The van der Waals surface area contributed by atoms with Crippen molar-refractivity contribution in [1.82, 2.24) is 9.78 Å². The van der Waals surface area contributed by atoms with Gasteiger partial charge in [0.15, 0.2) is 0 Å². The SMILES string of the molecule is COC(=O)CC(O)c1ccnn1C(C)C. The molecule has 84 valence electrons. The van der Waals surface area contributed by atoms with Gasteiger partial charge in [0.2, 0.25) is 0 Å². The van der Waals surface area contributed by atoms with Crippen LogP contribution in [0.5, 0.6) is 0 Å². The molecule has 1 unspecified atom stereocenters. The molecular formula is C10H16N2O3. The molecule has 1 N–H and O–H groups in total. The molecule has 0 saturated heterocycles. The molecule has 1 rings (SSSR count). The lowest BCUT2D eigenvalue weighted by Gasteiger charge is -2.14. The topological polar surface area (TPSA) is 64.3 Å². The second-order valence-corrected chi connectivity index (χ2v) is 3.59. The van der Waals surface area contributed by atoms with Crippen LogP contribution in [-0.4, -0.2) is 28.0 Å². The zero-order valence-corrected chi connectivity index (χ0v) is 9.17. The van der Waals surface area contributed by atoms with Crippen LogP contribution in [0, 0.1) is 0 Å². The number of aliphatic hydroxyl groups is 1. The number of rotatable bonds is 4. The average Bonchev–Trinajstić information content (AvgIpc) is 2.65. The Balaban J connectivity index is 2.77. The summed E-state index contributed by atoms with van der Waals surface area (Å²) < 4.78 is 6.18. The van der Waals surface area contributed by atoms with Gasteiger partial charge in [0.25, 0.3) is 0 Å². The third-order valence-corrected chi connectivity index (χ3v) is 2.12. The van der Waals surface area contributed by atoms with Crippen molar-refractivity contribution in [3.8, 4) is 0 Å². The van der Waals surface area contributed by atoms with E-state index in [1.165, 1.54) is 7.11 Å². The fourth-order valence-corrected chi connectivity index (χ4v) is 1.37. The Bertz CT molecular complexity index is 333. The highest BCUT2D eigenvalue weighted by Crippen LogP contribution is 2.19. The largest absolute Gasteiger partial charge is 0.469 e. The van der Waals surface area contributed by atoms with Crippen LogP contribution < -0.4 is 0 Å². The molecule has 0 aromatic carbocycles. The van der Waals surface area contributed by atoms with Gasteiger partial charge in [-0.3, -0.25) is 9.48 Å². The van der Waals surface area contributed by atoms with E-state index in [2.05, 4.69) is 9.84 Å². The number of hydrogen-bond acceptors (Lipinski definition) is 4. The van der Waals surface area contributed by atoms with Gasteiger partial charge in [-0.25, -0.2) is 0 Å². The molecule has 5 nitrogen and oxygen atoms in total. The number of carbonyl (C=O) groups is 1. The molecule has 0 radical (unpaired) electrons. The van der Waals surface area contributed by atoms with Crippen LogP contribution in [0.3, 0.4) is 0 Å². The monoisotopic (exact) mass is 212 g/mol. The summed E-state index contributed by atoms with van der Waals surface area (Å²) in [5, 5.41) is 13.9. The maximum absolute atomic E-state index is 11.0. The summed E-state index contributed by atoms with van der Waals surface area (Å²) in [5.74, 6) is -0.431. The van der Waals surface area contributed by atoms with E-state index in [0.29, 0.717) is 5.69 Å². The van der Waals surface area contributed by atoms with E-state index in [4.69, 9.17) is 0 Å². The molecule has 1 heterocycles. The number of esters is 1. The predicted molar refractivity (Wildman–Crippen MR) is 54.2 cm³/mol. The van der Waals surface area contributed by atoms with Gasteiger partial charge in [0.05, 0.1) is 19.2 Å². The molecule has 0 aliphatic carbocycles. The lowest BCUT2D eigenvalue weighted by molar-refractivity contribution is -0.143. The van der Waals surface area contributed by atoms with Gasteiger partial charge in [0, 0.05) is 12.2 Å². The van der Waals surface area contributed by atoms with E-state index < -0.39 is 12.1 Å². The first-order chi connectivity index (χ1) is 7.06. The van der Waals surface area contributed by atoms with Crippen molar-refractivity contribution in [3.05, 3.63) is 18.0 Å². The number of aromatic nitrogens is 2. The smallest absolute Gasteiger partial charge is 0.308 e. The molecular weight excluding hydrogens is 196 g/mol. The van der Waals surface area contributed by atoms with Crippen LogP contribution in [-0.2, 0) is 9.53 Å². The van der Waals surface area contributed by atoms with Crippen LogP contribution in [0.25, 0.3) is 0 Å². The summed E-state index contributed by atoms with van der Waals surface area (Å²) in [6.45, 7) is 3.92. The van der Waals surface area contributed by atoms with E-state index in [-0.39, 0.29) is 12.5 Å². The maximum atomic E-state index is 11.0. The Hall–Kier alpha value is -1.36. The van der Waals surface area contributed by atoms with Gasteiger partial charge in [-0.15, -0.1) is 0 Å². The number of ether oxygens (including phenoxy) is 1. The fourth-order valence-electron chi connectivity index (χ4n) is 1.37. The molecule has 0 saturated carbocycles. The normalized spacial score (nSPS) is 12.9. The summed E-state index contributed by atoms with van der Waals surface area (Å²) in [6, 6.07) is 1.86. The van der Waals surface area contributed by atoms with Crippen molar-refractivity contribution in [1.29, 1.82) is 0 Å². The van der Waals surface area contributed by atoms with Crippen LogP contribution in [0.4, 0.5) is 0 Å². The zero-order valence-electron chi connectivity index (χ0n) is 9.17. The van der Waals surface area contributed by atoms with Crippen LogP contribution in [0.1, 0.15) is 38.1 Å². The number of nitrogens with zero attached hydrogens (tertiary/aromatic N) is 2. The number of carbonyl (C=O) groups excluding carboxylic acids is 1. The van der Waals surface area contributed by atoms with Crippen molar-refractivity contribution in [2.24, 2.45) is 0 Å². The third-order valence-electron chi connectivity index (χ3n) is 2.12. The zero-order chi connectivity index (χ0) is 11.4. The lowest BCUT2D eigenvalue weighted by atomic mass is 10.2. The van der Waals surface area contributed by atoms with E-state index in [9.17, 15) is 9.90 Å². The average molecular weight is 212 g/mol. The van der Waals surface area contributed by atoms with E-state index >= 15 is 0 Å². The minimum Gasteiger partial charge on any atom is -0.469 e. The molecule has 1 aromatic rings. The third kappa shape index (κ3) is 2.79. The van der Waals surface area contributed by atoms with Gasteiger partial charge in [0.1, 0.15) is 6.10 Å². The first-order valence-electron chi connectivity index (χ1n) is 4.84. The summed E-state index contributed by atoms with van der Waals surface area (Å²) in [4.78, 5) is 11.0. The summed E-state index contributed by atoms with van der Waals surface area (Å²) in [5.41, 5.74) is 0.635. The van der Waals surface area contributed by atoms with Crippen molar-refractivity contribution < 1.29 is 14.6 Å². The standard InChI is InChI=1S/C10H16N2O3/c1-7(2)12-8(4-5-11-12)9(13)6-10(14)15-3/h4-5,7,9,13H,6H2,1-3H3. The van der Waals surface area contributed by atoms with Gasteiger partial charge in [-0.2, -0.15) is 5.10 Å². The number of aliphatic hydroxyl groups excluding tert-OH is 1. The first-order valence-corrected chi connectivity index (χ1v) is 4.84. The Labute approximate surface area is 88.7 Å². The molecule has 0 amide bonds. The Morgan fingerprint density at radius 3 is 2.87 bits per heavy atom. The molecule has 0 aliphatic rings. The molecule has 0 fully saturated rings. The highest BCUT2D eigenvalue weighted by Gasteiger charge is 2.18. The van der Waals surface area contributed by atoms with Crippen molar-refractivity contribution in [2.45, 2.75) is 32.4 Å². The lowest BCUT2D eigenvalue weighted by Crippen LogP contribution is -2.14.